The molecule has 2 aromatic rings. The van der Waals surface area contributed by atoms with Crippen molar-refractivity contribution in [3.05, 3.63) is 66.0 Å². The van der Waals surface area contributed by atoms with E-state index in [1.807, 2.05) is 56.3 Å². The van der Waals surface area contributed by atoms with E-state index in [0.717, 1.165) is 11.1 Å². The van der Waals surface area contributed by atoms with Crippen molar-refractivity contribution in [1.29, 1.82) is 0 Å². The summed E-state index contributed by atoms with van der Waals surface area (Å²) in [7, 11) is 0. The lowest BCUT2D eigenvalue weighted by Gasteiger charge is -2.26. The van der Waals surface area contributed by atoms with Crippen LogP contribution in [0.3, 0.4) is 0 Å². The Bertz CT molecular complexity index is 657. The predicted octanol–water partition coefficient (Wildman–Crippen LogP) is 2.53. The zero-order chi connectivity index (χ0) is 17.4. The second kappa shape index (κ2) is 8.82. The molecular formula is C19H23N3O2. The van der Waals surface area contributed by atoms with Gasteiger partial charge < -0.3 is 10.2 Å². The number of benzene rings is 1. The molecule has 1 heterocycles. The summed E-state index contributed by atoms with van der Waals surface area (Å²) < 4.78 is 0. The van der Waals surface area contributed by atoms with E-state index in [2.05, 4.69) is 10.3 Å². The highest BCUT2D eigenvalue weighted by Crippen LogP contribution is 2.10. The summed E-state index contributed by atoms with van der Waals surface area (Å²) >= 11 is 0. The van der Waals surface area contributed by atoms with Gasteiger partial charge in [-0.2, -0.15) is 0 Å². The standard InChI is InChI=1S/C19H23N3O2/c1-15(2)22(14-16-7-4-3-5-8-16)19(24)11-18(23)21-13-17-9-6-10-20-12-17/h3-10,12,15H,11,13-14H2,1-2H3,(H,21,23). The molecule has 0 bridgehead atoms. The summed E-state index contributed by atoms with van der Waals surface area (Å²) in [4.78, 5) is 30.2. The number of nitrogens with one attached hydrogen (secondary N) is 1. The third-order valence-electron chi connectivity index (χ3n) is 3.66. The van der Waals surface area contributed by atoms with Gasteiger partial charge in [0.15, 0.2) is 0 Å². The van der Waals surface area contributed by atoms with Crippen LogP contribution in [-0.4, -0.2) is 27.7 Å². The number of amides is 2. The van der Waals surface area contributed by atoms with Gasteiger partial charge in [-0.1, -0.05) is 36.4 Å². The van der Waals surface area contributed by atoms with E-state index in [1.54, 1.807) is 17.3 Å². The molecule has 0 saturated carbocycles. The molecule has 2 amide bonds. The van der Waals surface area contributed by atoms with Crippen LogP contribution in [0.2, 0.25) is 0 Å². The van der Waals surface area contributed by atoms with Crippen molar-refractivity contribution < 1.29 is 9.59 Å². The van der Waals surface area contributed by atoms with Gasteiger partial charge >= 0.3 is 0 Å². The Morgan fingerprint density at radius 2 is 1.79 bits per heavy atom. The summed E-state index contributed by atoms with van der Waals surface area (Å²) in [6.07, 6.45) is 3.22. The molecule has 126 valence electrons. The lowest BCUT2D eigenvalue weighted by atomic mass is 10.1. The third-order valence-corrected chi connectivity index (χ3v) is 3.66. The second-order valence-corrected chi connectivity index (χ2v) is 5.92. The van der Waals surface area contributed by atoms with E-state index in [1.165, 1.54) is 0 Å². The SMILES string of the molecule is CC(C)N(Cc1ccccc1)C(=O)CC(=O)NCc1cccnc1. The summed E-state index contributed by atoms with van der Waals surface area (Å²) in [5.74, 6) is -0.444. The van der Waals surface area contributed by atoms with Gasteiger partial charge in [0.2, 0.25) is 11.8 Å². The van der Waals surface area contributed by atoms with Gasteiger partial charge in [-0.25, -0.2) is 0 Å². The Hall–Kier alpha value is -2.69. The molecule has 5 nitrogen and oxygen atoms in total. The van der Waals surface area contributed by atoms with Crippen molar-refractivity contribution in [2.75, 3.05) is 0 Å². The Morgan fingerprint density at radius 3 is 2.42 bits per heavy atom. The van der Waals surface area contributed by atoms with Crippen molar-refractivity contribution >= 4 is 11.8 Å². The minimum absolute atomic E-state index is 0.0313. The van der Waals surface area contributed by atoms with Gasteiger partial charge in [-0.05, 0) is 31.0 Å². The molecule has 1 N–H and O–H groups in total. The first-order valence-electron chi connectivity index (χ1n) is 8.05. The number of aromatic nitrogens is 1. The molecule has 1 aromatic heterocycles. The van der Waals surface area contributed by atoms with Crippen LogP contribution >= 0.6 is 0 Å². The molecule has 5 heteroatoms. The fourth-order valence-electron chi connectivity index (χ4n) is 2.34. The van der Waals surface area contributed by atoms with E-state index in [4.69, 9.17) is 0 Å². The smallest absolute Gasteiger partial charge is 0.232 e. The topological polar surface area (TPSA) is 62.3 Å². The molecule has 0 unspecified atom stereocenters. The molecule has 0 aliphatic heterocycles. The predicted molar refractivity (Wildman–Crippen MR) is 92.8 cm³/mol. The number of pyridine rings is 1. The third kappa shape index (κ3) is 5.50. The van der Waals surface area contributed by atoms with Gasteiger partial charge in [0, 0.05) is 31.5 Å². The quantitative estimate of drug-likeness (QED) is 0.796. The average Bonchev–Trinajstić information content (AvgIpc) is 2.59. The number of carbonyl (C=O) groups is 2. The molecule has 0 atom stereocenters. The average molecular weight is 325 g/mol. The van der Waals surface area contributed by atoms with E-state index >= 15 is 0 Å². The van der Waals surface area contributed by atoms with Crippen LogP contribution in [0.15, 0.2) is 54.9 Å². The van der Waals surface area contributed by atoms with Crippen LogP contribution < -0.4 is 5.32 Å². The van der Waals surface area contributed by atoms with Crippen molar-refractivity contribution in [3.63, 3.8) is 0 Å². The highest BCUT2D eigenvalue weighted by atomic mass is 16.2. The molecule has 0 saturated heterocycles. The molecule has 24 heavy (non-hydrogen) atoms. The fraction of sp³-hybridized carbons (Fsp3) is 0.316. The van der Waals surface area contributed by atoms with E-state index in [0.29, 0.717) is 13.1 Å². The fourth-order valence-corrected chi connectivity index (χ4v) is 2.34. The maximum absolute atomic E-state index is 12.5. The van der Waals surface area contributed by atoms with Crippen molar-refractivity contribution in [3.8, 4) is 0 Å². The van der Waals surface area contributed by atoms with Crippen molar-refractivity contribution in [2.24, 2.45) is 0 Å². The van der Waals surface area contributed by atoms with Crippen LogP contribution in [-0.2, 0) is 22.7 Å². The maximum atomic E-state index is 12.5. The lowest BCUT2D eigenvalue weighted by Crippen LogP contribution is -2.39. The Balaban J connectivity index is 1.89. The monoisotopic (exact) mass is 325 g/mol. The summed E-state index contributed by atoms with van der Waals surface area (Å²) in [5, 5.41) is 2.76. The number of rotatable bonds is 7. The minimum atomic E-state index is -0.275. The zero-order valence-corrected chi connectivity index (χ0v) is 14.1. The largest absolute Gasteiger partial charge is 0.352 e. The summed E-state index contributed by atoms with van der Waals surface area (Å²) in [5.41, 5.74) is 1.96. The second-order valence-electron chi connectivity index (χ2n) is 5.92. The van der Waals surface area contributed by atoms with Gasteiger partial charge in [0.05, 0.1) is 0 Å². The van der Waals surface area contributed by atoms with Crippen LogP contribution in [0.4, 0.5) is 0 Å². The summed E-state index contributed by atoms with van der Waals surface area (Å²) in [6.45, 7) is 4.79. The van der Waals surface area contributed by atoms with Gasteiger partial charge in [-0.15, -0.1) is 0 Å². The molecule has 0 radical (unpaired) electrons. The first-order valence-corrected chi connectivity index (χ1v) is 8.05. The van der Waals surface area contributed by atoms with Crippen molar-refractivity contribution in [2.45, 2.75) is 39.4 Å². The van der Waals surface area contributed by atoms with Crippen molar-refractivity contribution in [1.82, 2.24) is 15.2 Å². The Labute approximate surface area is 142 Å². The molecule has 2 rings (SSSR count). The van der Waals surface area contributed by atoms with Gasteiger partial charge in [0.1, 0.15) is 6.42 Å². The molecular weight excluding hydrogens is 302 g/mol. The van der Waals surface area contributed by atoms with E-state index < -0.39 is 0 Å². The first-order chi connectivity index (χ1) is 11.6. The molecule has 0 aliphatic carbocycles. The summed E-state index contributed by atoms with van der Waals surface area (Å²) in [6, 6.07) is 13.5. The van der Waals surface area contributed by atoms with Gasteiger partial charge in [0.25, 0.3) is 0 Å². The van der Waals surface area contributed by atoms with Crippen LogP contribution in [0.1, 0.15) is 31.4 Å². The van der Waals surface area contributed by atoms with Crippen LogP contribution in [0, 0.1) is 0 Å². The highest BCUT2D eigenvalue weighted by molar-refractivity contribution is 5.96. The molecule has 0 aliphatic rings. The van der Waals surface area contributed by atoms with Gasteiger partial charge in [-0.3, -0.25) is 14.6 Å². The normalized spacial score (nSPS) is 10.5. The Morgan fingerprint density at radius 1 is 1.08 bits per heavy atom. The molecule has 0 spiro atoms. The maximum Gasteiger partial charge on any atom is 0.232 e. The number of nitrogens with zero attached hydrogens (tertiary/aromatic N) is 2. The Kier molecular flexibility index (Phi) is 6.49. The number of hydrogen-bond acceptors (Lipinski definition) is 3. The minimum Gasteiger partial charge on any atom is -0.352 e. The highest BCUT2D eigenvalue weighted by Gasteiger charge is 2.20. The number of carbonyl (C=O) groups excluding carboxylic acids is 2. The van der Waals surface area contributed by atoms with Crippen LogP contribution in [0.5, 0.6) is 0 Å². The van der Waals surface area contributed by atoms with E-state index in [9.17, 15) is 9.59 Å². The lowest BCUT2D eigenvalue weighted by molar-refractivity contribution is -0.138. The first kappa shape index (κ1) is 17.7. The molecule has 1 aromatic carbocycles. The molecule has 0 fully saturated rings. The van der Waals surface area contributed by atoms with E-state index in [-0.39, 0.29) is 24.3 Å². The number of hydrogen-bond donors (Lipinski definition) is 1. The van der Waals surface area contributed by atoms with Crippen LogP contribution in [0.25, 0.3) is 0 Å². The zero-order valence-electron chi connectivity index (χ0n) is 14.1.